The average molecular weight is 893 g/mol. The van der Waals surface area contributed by atoms with Gasteiger partial charge in [0.15, 0.2) is 21.6 Å². The summed E-state index contributed by atoms with van der Waals surface area (Å²) < 4.78 is 34.3. The molecule has 2 aliphatic rings. The summed E-state index contributed by atoms with van der Waals surface area (Å²) >= 11 is 6.51. The number of likely N-dealkylation sites (tertiary alicyclic amines) is 2. The zero-order chi connectivity index (χ0) is 44.6. The number of para-hydroxylation sites is 1. The number of nitrogen functional groups attached to an aromatic ring is 1. The summed E-state index contributed by atoms with van der Waals surface area (Å²) in [6.07, 6.45) is 9.93. The van der Waals surface area contributed by atoms with Crippen LogP contribution >= 0.6 is 11.6 Å². The molecule has 16 nitrogen and oxygen atoms in total. The highest BCUT2D eigenvalue weighted by Crippen LogP contribution is 2.39. The molecule has 336 valence electrons. The van der Waals surface area contributed by atoms with Crippen molar-refractivity contribution in [2.75, 3.05) is 49.1 Å². The third-order valence-corrected chi connectivity index (χ3v) is 14.0. The van der Waals surface area contributed by atoms with Gasteiger partial charge in [0, 0.05) is 57.6 Å². The molecule has 2 saturated heterocycles. The van der Waals surface area contributed by atoms with E-state index >= 15 is 0 Å². The van der Waals surface area contributed by atoms with Crippen molar-refractivity contribution in [1.82, 2.24) is 34.6 Å². The number of sulfone groups is 1. The lowest BCUT2D eigenvalue weighted by molar-refractivity contribution is -0.132. The number of anilines is 5. The highest BCUT2D eigenvalue weighted by Gasteiger charge is 2.29. The second kappa shape index (κ2) is 20.9. The summed E-state index contributed by atoms with van der Waals surface area (Å²) in [5.74, 6) is 1.93. The minimum Gasteiger partial charge on any atom is -0.489 e. The van der Waals surface area contributed by atoms with E-state index in [0.717, 1.165) is 57.3 Å². The van der Waals surface area contributed by atoms with Crippen LogP contribution in [0.3, 0.4) is 0 Å². The van der Waals surface area contributed by atoms with E-state index < -0.39 is 21.1 Å². The highest BCUT2D eigenvalue weighted by molar-refractivity contribution is 7.92. The van der Waals surface area contributed by atoms with E-state index in [4.69, 9.17) is 27.8 Å². The number of halogens is 1. The Morgan fingerprint density at radius 3 is 2.45 bits per heavy atom. The lowest BCUT2D eigenvalue weighted by Crippen LogP contribution is -2.46. The molecule has 6 rings (SSSR count). The lowest BCUT2D eigenvalue weighted by Gasteiger charge is -2.33. The first-order valence-electron chi connectivity index (χ1n) is 21.6. The number of amides is 2. The molecule has 4 aromatic rings. The van der Waals surface area contributed by atoms with Crippen LogP contribution in [0, 0.1) is 6.92 Å². The molecule has 0 bridgehead atoms. The molecule has 62 heavy (non-hydrogen) atoms. The van der Waals surface area contributed by atoms with Crippen LogP contribution in [0.4, 0.5) is 29.1 Å². The number of hydrogen-bond donors (Lipinski definition) is 5. The van der Waals surface area contributed by atoms with Crippen LogP contribution < -0.4 is 32.2 Å². The Morgan fingerprint density at radius 1 is 0.984 bits per heavy atom. The predicted molar refractivity (Wildman–Crippen MR) is 244 cm³/mol. The van der Waals surface area contributed by atoms with Gasteiger partial charge in [0.1, 0.15) is 10.8 Å². The van der Waals surface area contributed by atoms with Gasteiger partial charge in [-0.05, 0) is 121 Å². The van der Waals surface area contributed by atoms with E-state index in [-0.39, 0.29) is 51.6 Å². The van der Waals surface area contributed by atoms with Crippen molar-refractivity contribution < 1.29 is 22.7 Å². The minimum atomic E-state index is -3.58. The molecule has 0 spiro atoms. The maximum absolute atomic E-state index is 13.3. The lowest BCUT2D eigenvalue weighted by atomic mass is 9.86. The maximum atomic E-state index is 13.3. The number of nitrogens with one attached hydrogen (secondary N) is 3. The number of piperidine rings is 1. The Bertz CT molecular complexity index is 2280. The van der Waals surface area contributed by atoms with Crippen molar-refractivity contribution in [3.63, 3.8) is 0 Å². The fourth-order valence-electron chi connectivity index (χ4n) is 8.08. The number of carbonyl (C=O) groups excluding carboxylic acids is 2. The van der Waals surface area contributed by atoms with Gasteiger partial charge >= 0.3 is 0 Å². The number of ether oxygens (including phenoxy) is 1. The van der Waals surface area contributed by atoms with Crippen LogP contribution in [0.15, 0.2) is 59.9 Å². The zero-order valence-corrected chi connectivity index (χ0v) is 38.0. The average Bonchev–Trinajstić information content (AvgIpc) is 3.87. The van der Waals surface area contributed by atoms with Gasteiger partial charge in [-0.2, -0.15) is 4.98 Å². The van der Waals surface area contributed by atoms with Crippen LogP contribution in [0.1, 0.15) is 89.7 Å². The third kappa shape index (κ3) is 11.9. The van der Waals surface area contributed by atoms with Crippen molar-refractivity contribution in [2.24, 2.45) is 5.73 Å². The number of rotatable bonds is 19. The zero-order valence-electron chi connectivity index (χ0n) is 36.4. The number of benzene rings is 2. The summed E-state index contributed by atoms with van der Waals surface area (Å²) in [7, 11) is -3.58. The molecule has 2 aromatic heterocycles. The molecule has 4 heterocycles. The molecule has 0 radical (unpaired) electrons. The summed E-state index contributed by atoms with van der Waals surface area (Å²) in [5, 5.41) is 9.15. The molecule has 0 unspecified atom stereocenters. The molecule has 2 atom stereocenters. The quantitative estimate of drug-likeness (QED) is 0.0714. The van der Waals surface area contributed by atoms with Gasteiger partial charge in [0.2, 0.25) is 17.8 Å². The fraction of sp³-hybridized carbons (Fsp3) is 0.523. The first-order valence-corrected chi connectivity index (χ1v) is 23.5. The molecule has 2 amide bonds. The summed E-state index contributed by atoms with van der Waals surface area (Å²) in [5.41, 5.74) is 15.3. The standard InChI is InChI=1S/C44H62ClN11O5S/c1-28(2)61-38-25-33(30(5)24-37(38)52-44-49-26-34(45)41(53-44)51-36-11-6-7-12-39(36)62(59,60)29(3)4)31-14-21-55(22-15-31)40(57)13-9-18-54-20-16-32(27-54)50-42(58)35(46)10-8-19-56-23-17-48-43(56)47/h6-7,11-12,17,23-26,28-29,31-32,35H,8-10,13-16,18-22,27,46H2,1-5H3,(H2,47,48)(H,50,58)(H2,49,51,52,53)/t32-,35+/m1/s1. The van der Waals surface area contributed by atoms with Crippen LogP contribution in [0.2, 0.25) is 5.02 Å². The first-order chi connectivity index (χ1) is 29.6. The molecule has 0 saturated carbocycles. The van der Waals surface area contributed by atoms with Crippen molar-refractivity contribution in [3.8, 4) is 5.75 Å². The van der Waals surface area contributed by atoms with E-state index in [1.54, 1.807) is 44.3 Å². The summed E-state index contributed by atoms with van der Waals surface area (Å²) in [4.78, 5) is 43.6. The van der Waals surface area contributed by atoms with Gasteiger partial charge in [0.05, 0.1) is 39.9 Å². The molecule has 2 fully saturated rings. The Hall–Kier alpha value is -4.97. The summed E-state index contributed by atoms with van der Waals surface area (Å²) in [6.45, 7) is 13.8. The van der Waals surface area contributed by atoms with Crippen LogP contribution in [0.25, 0.3) is 0 Å². The van der Waals surface area contributed by atoms with Crippen molar-refractivity contribution in [1.29, 1.82) is 0 Å². The normalized spacial score (nSPS) is 16.8. The second-order valence-electron chi connectivity index (χ2n) is 16.9. The van der Waals surface area contributed by atoms with Crippen molar-refractivity contribution in [2.45, 2.75) is 120 Å². The largest absolute Gasteiger partial charge is 0.489 e. The molecular weight excluding hydrogens is 830 g/mol. The maximum Gasteiger partial charge on any atom is 0.237 e. The van der Waals surface area contributed by atoms with Crippen LogP contribution in [-0.4, -0.2) is 106 Å². The minimum absolute atomic E-state index is 0.0567. The van der Waals surface area contributed by atoms with Gasteiger partial charge in [-0.3, -0.25) is 9.59 Å². The van der Waals surface area contributed by atoms with Crippen LogP contribution in [0.5, 0.6) is 5.75 Å². The molecular formula is C44H62ClN11O5S. The third-order valence-electron chi connectivity index (χ3n) is 11.6. The van der Waals surface area contributed by atoms with Gasteiger partial charge in [-0.25, -0.2) is 18.4 Å². The number of nitrogens with zero attached hydrogens (tertiary/aromatic N) is 6. The number of aromatic nitrogens is 4. The first kappa shape index (κ1) is 46.5. The van der Waals surface area contributed by atoms with Gasteiger partial charge in [0.25, 0.3) is 0 Å². The van der Waals surface area contributed by atoms with Gasteiger partial charge in [-0.15, -0.1) is 0 Å². The Balaban J connectivity index is 0.984. The van der Waals surface area contributed by atoms with Crippen molar-refractivity contribution >= 4 is 62.3 Å². The highest BCUT2D eigenvalue weighted by atomic mass is 35.5. The van der Waals surface area contributed by atoms with Crippen molar-refractivity contribution in [3.05, 3.63) is 71.1 Å². The number of aryl methyl sites for hydroxylation is 2. The monoisotopic (exact) mass is 891 g/mol. The number of imidazole rings is 1. The SMILES string of the molecule is Cc1cc(Nc2ncc(Cl)c(Nc3ccccc3S(=O)(=O)C(C)C)n2)c(OC(C)C)cc1C1CCN(C(=O)CCCN2CC[C@@H](NC(=O)[C@@H](N)CCCn3ccnc3N)C2)CC1. The van der Waals surface area contributed by atoms with Crippen LogP contribution in [-0.2, 0) is 26.0 Å². The van der Waals surface area contributed by atoms with E-state index in [2.05, 4.69) is 48.8 Å². The predicted octanol–water partition coefficient (Wildman–Crippen LogP) is 6.16. The van der Waals surface area contributed by atoms with E-state index in [1.165, 1.54) is 11.8 Å². The van der Waals surface area contributed by atoms with E-state index in [1.807, 2.05) is 35.6 Å². The molecule has 2 aliphatic heterocycles. The van der Waals surface area contributed by atoms with Gasteiger partial charge < -0.3 is 46.5 Å². The fourth-order valence-corrected chi connectivity index (χ4v) is 9.42. The number of nitrogens with two attached hydrogens (primary N) is 2. The van der Waals surface area contributed by atoms with E-state index in [9.17, 15) is 18.0 Å². The Kier molecular flexibility index (Phi) is 15.7. The number of carbonyl (C=O) groups is 2. The molecule has 18 heteroatoms. The summed E-state index contributed by atoms with van der Waals surface area (Å²) in [6, 6.07) is 10.3. The van der Waals surface area contributed by atoms with Gasteiger partial charge in [-0.1, -0.05) is 23.7 Å². The number of hydrogen-bond acceptors (Lipinski definition) is 13. The molecule has 7 N–H and O–H groups in total. The Morgan fingerprint density at radius 2 is 1.74 bits per heavy atom. The molecule has 2 aromatic carbocycles. The van der Waals surface area contributed by atoms with E-state index in [0.29, 0.717) is 55.5 Å². The smallest absolute Gasteiger partial charge is 0.237 e. The topological polar surface area (TPSA) is 216 Å². The molecule has 0 aliphatic carbocycles. The Labute approximate surface area is 370 Å². The second-order valence-corrected chi connectivity index (χ2v) is 19.8.